The van der Waals surface area contributed by atoms with Crippen LogP contribution in [0.3, 0.4) is 0 Å². The van der Waals surface area contributed by atoms with Crippen molar-refractivity contribution in [2.75, 3.05) is 19.7 Å². The summed E-state index contributed by atoms with van der Waals surface area (Å²) in [6.45, 7) is 9.77. The van der Waals surface area contributed by atoms with Crippen LogP contribution in [0.25, 0.3) is 11.3 Å². The van der Waals surface area contributed by atoms with Crippen LogP contribution in [0.2, 0.25) is 0 Å². The summed E-state index contributed by atoms with van der Waals surface area (Å²) in [5.74, 6) is 0.536. The van der Waals surface area contributed by atoms with Crippen LogP contribution in [0, 0.1) is 19.3 Å². The third-order valence-electron chi connectivity index (χ3n) is 5.43. The van der Waals surface area contributed by atoms with Crippen molar-refractivity contribution < 1.29 is 14.3 Å². The molecule has 2 aromatic rings. The number of benzene rings is 1. The number of hydrogen-bond acceptors (Lipinski definition) is 4. The van der Waals surface area contributed by atoms with Gasteiger partial charge in [0, 0.05) is 37.7 Å². The predicted octanol–water partition coefficient (Wildman–Crippen LogP) is 3.47. The van der Waals surface area contributed by atoms with Crippen molar-refractivity contribution in [2.45, 2.75) is 47.0 Å². The molecule has 156 valence electrons. The molecule has 1 fully saturated rings. The van der Waals surface area contributed by atoms with Gasteiger partial charge in [-0.15, -0.1) is 5.10 Å². The summed E-state index contributed by atoms with van der Waals surface area (Å²) >= 11 is 0. The average Bonchev–Trinajstić information content (AvgIpc) is 3.27. The highest BCUT2D eigenvalue weighted by atomic mass is 16.5. The van der Waals surface area contributed by atoms with Crippen LogP contribution in [-0.2, 0) is 23.1 Å². The fourth-order valence-corrected chi connectivity index (χ4v) is 4.06. The Bertz CT molecular complexity index is 888. The Morgan fingerprint density at radius 3 is 2.38 bits per heavy atom. The van der Waals surface area contributed by atoms with Crippen LogP contribution in [0.15, 0.2) is 18.2 Å². The third kappa shape index (κ3) is 4.52. The average molecular weight is 398 g/mol. The summed E-state index contributed by atoms with van der Waals surface area (Å²) < 4.78 is 7.80. The first-order chi connectivity index (χ1) is 13.7. The van der Waals surface area contributed by atoms with Crippen LogP contribution < -0.4 is 4.74 Å². The van der Waals surface area contributed by atoms with Gasteiger partial charge >= 0.3 is 0 Å². The van der Waals surface area contributed by atoms with E-state index in [4.69, 9.17) is 4.74 Å². The fraction of sp³-hybridized carbons (Fsp3) is 0.522. The lowest BCUT2D eigenvalue weighted by atomic mass is 9.93. The lowest BCUT2D eigenvalue weighted by molar-refractivity contribution is -0.140. The molecule has 1 aliphatic rings. The molecule has 3 rings (SSSR count). The molecule has 29 heavy (non-hydrogen) atoms. The number of carbonyl (C=O) groups excluding carboxylic acids is 2. The zero-order valence-electron chi connectivity index (χ0n) is 18.1. The van der Waals surface area contributed by atoms with E-state index in [1.165, 1.54) is 0 Å². The van der Waals surface area contributed by atoms with Crippen molar-refractivity contribution in [3.63, 3.8) is 0 Å². The van der Waals surface area contributed by atoms with E-state index in [0.29, 0.717) is 5.88 Å². The molecule has 0 unspecified atom stereocenters. The first-order valence-corrected chi connectivity index (χ1v) is 10.2. The zero-order chi connectivity index (χ0) is 21.2. The summed E-state index contributed by atoms with van der Waals surface area (Å²) in [7, 11) is 1.86. The molecule has 0 radical (unpaired) electrons. The molecule has 1 saturated heterocycles. The Morgan fingerprint density at radius 1 is 1.17 bits per heavy atom. The smallest absolute Gasteiger partial charge is 0.237 e. The van der Waals surface area contributed by atoms with Crippen LogP contribution in [0.5, 0.6) is 5.88 Å². The predicted molar refractivity (Wildman–Crippen MR) is 113 cm³/mol. The third-order valence-corrected chi connectivity index (χ3v) is 5.43. The minimum absolute atomic E-state index is 0.109. The van der Waals surface area contributed by atoms with Gasteiger partial charge in [0.1, 0.15) is 12.9 Å². The maximum absolute atomic E-state index is 12.8. The summed E-state index contributed by atoms with van der Waals surface area (Å²) in [4.78, 5) is 26.1. The van der Waals surface area contributed by atoms with E-state index >= 15 is 0 Å². The minimum atomic E-state index is -0.652. The number of hydrogen-bond donors (Lipinski definition) is 0. The van der Waals surface area contributed by atoms with Gasteiger partial charge in [-0.3, -0.25) is 9.48 Å². The molecule has 6 heteroatoms. The number of amides is 1. The number of aromatic nitrogens is 2. The highest BCUT2D eigenvalue weighted by Crippen LogP contribution is 2.33. The molecule has 2 heterocycles. The topological polar surface area (TPSA) is 64.4 Å². The molecule has 0 atom stereocenters. The largest absolute Gasteiger partial charge is 0.475 e. The molecule has 0 saturated carbocycles. The summed E-state index contributed by atoms with van der Waals surface area (Å²) in [6.07, 6.45) is 3.21. The van der Waals surface area contributed by atoms with E-state index < -0.39 is 5.41 Å². The Labute approximate surface area is 172 Å². The molecule has 0 bridgehead atoms. The standard InChI is InChI=1S/C23H31N3O3/c1-16-12-17(2)14-18(13-16)20-19(8-11-27)21(24-25(20)5)29-15-23(3,4)22(28)26-9-6-7-10-26/h11-14H,6-10,15H2,1-5H3. The molecule has 6 nitrogen and oxygen atoms in total. The van der Waals surface area contributed by atoms with Crippen LogP contribution in [0.1, 0.15) is 43.4 Å². The first kappa shape index (κ1) is 21.1. The van der Waals surface area contributed by atoms with Gasteiger partial charge in [0.15, 0.2) is 0 Å². The molecule has 1 aromatic heterocycles. The van der Waals surface area contributed by atoms with Crippen molar-refractivity contribution in [2.24, 2.45) is 12.5 Å². The van der Waals surface area contributed by atoms with Gasteiger partial charge in [-0.1, -0.05) is 17.2 Å². The minimum Gasteiger partial charge on any atom is -0.475 e. The van der Waals surface area contributed by atoms with Gasteiger partial charge in [-0.2, -0.15) is 0 Å². The second kappa shape index (κ2) is 8.39. The molecule has 0 spiro atoms. The van der Waals surface area contributed by atoms with E-state index in [9.17, 15) is 9.59 Å². The van der Waals surface area contributed by atoms with Crippen molar-refractivity contribution in [1.82, 2.24) is 14.7 Å². The quantitative estimate of drug-likeness (QED) is 0.671. The Balaban J connectivity index is 1.88. The van der Waals surface area contributed by atoms with Crippen molar-refractivity contribution in [1.29, 1.82) is 0 Å². The van der Waals surface area contributed by atoms with Crippen LogP contribution >= 0.6 is 0 Å². The maximum atomic E-state index is 12.8. The van der Waals surface area contributed by atoms with Crippen LogP contribution in [-0.4, -0.2) is 46.6 Å². The van der Waals surface area contributed by atoms with E-state index in [-0.39, 0.29) is 18.9 Å². The van der Waals surface area contributed by atoms with Gasteiger partial charge in [0.2, 0.25) is 11.8 Å². The van der Waals surface area contributed by atoms with Crippen molar-refractivity contribution >= 4 is 12.2 Å². The summed E-state index contributed by atoms with van der Waals surface area (Å²) in [5.41, 5.74) is 4.30. The highest BCUT2D eigenvalue weighted by Gasteiger charge is 2.35. The number of ether oxygens (including phenoxy) is 1. The molecule has 0 aliphatic carbocycles. The SMILES string of the molecule is Cc1cc(C)cc(-c2c(CC=O)c(OCC(C)(C)C(=O)N3CCCC3)nn2C)c1. The van der Waals surface area contributed by atoms with Crippen LogP contribution in [0.4, 0.5) is 0 Å². The van der Waals surface area contributed by atoms with Gasteiger partial charge in [-0.05, 0) is 52.7 Å². The van der Waals surface area contributed by atoms with E-state index in [0.717, 1.165) is 60.2 Å². The van der Waals surface area contributed by atoms with Gasteiger partial charge < -0.3 is 14.4 Å². The van der Waals surface area contributed by atoms with Gasteiger partial charge in [0.25, 0.3) is 0 Å². The number of nitrogens with zero attached hydrogens (tertiary/aromatic N) is 3. The van der Waals surface area contributed by atoms with Crippen molar-refractivity contribution in [3.05, 3.63) is 34.9 Å². The van der Waals surface area contributed by atoms with E-state index in [1.54, 1.807) is 4.68 Å². The Hall–Kier alpha value is -2.63. The highest BCUT2D eigenvalue weighted by molar-refractivity contribution is 5.82. The molecule has 0 N–H and O–H groups in total. The number of likely N-dealkylation sites (tertiary alicyclic amines) is 1. The summed E-state index contributed by atoms with van der Waals surface area (Å²) in [6, 6.07) is 6.29. The molecular formula is C23H31N3O3. The number of carbonyl (C=O) groups is 2. The number of aldehydes is 1. The zero-order valence-corrected chi connectivity index (χ0v) is 18.1. The Kier molecular flexibility index (Phi) is 6.10. The van der Waals surface area contributed by atoms with Gasteiger partial charge in [0.05, 0.1) is 11.1 Å². The Morgan fingerprint density at radius 2 is 1.79 bits per heavy atom. The lowest BCUT2D eigenvalue weighted by Gasteiger charge is -2.28. The van der Waals surface area contributed by atoms with E-state index in [1.807, 2.05) is 25.8 Å². The normalized spacial score (nSPS) is 14.3. The van der Waals surface area contributed by atoms with Crippen molar-refractivity contribution in [3.8, 4) is 17.1 Å². The molecular weight excluding hydrogens is 366 g/mol. The molecule has 1 amide bonds. The monoisotopic (exact) mass is 397 g/mol. The number of rotatable bonds is 7. The van der Waals surface area contributed by atoms with E-state index in [2.05, 4.69) is 37.1 Å². The lowest BCUT2D eigenvalue weighted by Crippen LogP contribution is -2.42. The maximum Gasteiger partial charge on any atom is 0.237 e. The second-order valence-corrected chi connectivity index (χ2v) is 8.67. The molecule has 1 aromatic carbocycles. The fourth-order valence-electron chi connectivity index (χ4n) is 4.06. The second-order valence-electron chi connectivity index (χ2n) is 8.67. The van der Waals surface area contributed by atoms with Gasteiger partial charge in [-0.25, -0.2) is 0 Å². The number of aryl methyl sites for hydroxylation is 3. The first-order valence-electron chi connectivity index (χ1n) is 10.2. The molecule has 1 aliphatic heterocycles. The summed E-state index contributed by atoms with van der Waals surface area (Å²) in [5, 5.41) is 4.54.